The maximum Gasteiger partial charge on any atom is 0.116 e. The number of nitrogen functional groups attached to an aromatic ring is 1. The molecule has 0 bridgehead atoms. The minimum Gasteiger partial charge on any atom is -0.399 e. The van der Waals surface area contributed by atoms with Gasteiger partial charge >= 0.3 is 0 Å². The molecule has 15 heavy (non-hydrogen) atoms. The number of benzene rings is 1. The standard InChI is InChI=1S/C11H11N3S/c1-8-6-9(12)2-3-10(8)15-11-4-5-13-7-14-11/h2-7H,12H2,1H3. The second-order valence-corrected chi connectivity index (χ2v) is 4.24. The van der Waals surface area contributed by atoms with Crippen molar-refractivity contribution in [2.24, 2.45) is 0 Å². The molecule has 76 valence electrons. The summed E-state index contributed by atoms with van der Waals surface area (Å²) in [4.78, 5) is 9.21. The molecule has 2 rings (SSSR count). The number of nitrogens with zero attached hydrogens (tertiary/aromatic N) is 2. The molecular weight excluding hydrogens is 206 g/mol. The van der Waals surface area contributed by atoms with Gasteiger partial charge in [-0.1, -0.05) is 11.8 Å². The van der Waals surface area contributed by atoms with Gasteiger partial charge in [0.2, 0.25) is 0 Å². The first-order valence-electron chi connectivity index (χ1n) is 4.56. The van der Waals surface area contributed by atoms with Gasteiger partial charge in [0.25, 0.3) is 0 Å². The normalized spacial score (nSPS) is 10.2. The fourth-order valence-corrected chi connectivity index (χ4v) is 2.05. The molecule has 0 radical (unpaired) electrons. The zero-order valence-corrected chi connectivity index (χ0v) is 9.16. The highest BCUT2D eigenvalue weighted by molar-refractivity contribution is 7.99. The summed E-state index contributed by atoms with van der Waals surface area (Å²) in [5, 5.41) is 0.942. The third-order valence-electron chi connectivity index (χ3n) is 1.97. The SMILES string of the molecule is Cc1cc(N)ccc1Sc1ccncn1. The Balaban J connectivity index is 2.25. The molecule has 2 aromatic rings. The van der Waals surface area contributed by atoms with E-state index in [9.17, 15) is 0 Å². The average molecular weight is 217 g/mol. The fourth-order valence-electron chi connectivity index (χ4n) is 1.24. The Morgan fingerprint density at radius 3 is 2.80 bits per heavy atom. The number of aryl methyl sites for hydroxylation is 1. The van der Waals surface area contributed by atoms with Crippen LogP contribution in [0.15, 0.2) is 46.7 Å². The zero-order chi connectivity index (χ0) is 10.7. The van der Waals surface area contributed by atoms with E-state index in [1.165, 1.54) is 10.5 Å². The molecule has 0 aliphatic carbocycles. The zero-order valence-electron chi connectivity index (χ0n) is 8.34. The van der Waals surface area contributed by atoms with Crippen LogP contribution in [0.3, 0.4) is 0 Å². The van der Waals surface area contributed by atoms with Crippen LogP contribution in [0.5, 0.6) is 0 Å². The lowest BCUT2D eigenvalue weighted by Crippen LogP contribution is -1.87. The summed E-state index contributed by atoms with van der Waals surface area (Å²) in [7, 11) is 0. The Bertz CT molecular complexity index is 457. The molecular formula is C11H11N3S. The van der Waals surface area contributed by atoms with Crippen LogP contribution in [0.4, 0.5) is 5.69 Å². The van der Waals surface area contributed by atoms with E-state index in [0.717, 1.165) is 10.7 Å². The van der Waals surface area contributed by atoms with E-state index < -0.39 is 0 Å². The summed E-state index contributed by atoms with van der Waals surface area (Å²) in [5.74, 6) is 0. The number of nitrogens with two attached hydrogens (primary N) is 1. The van der Waals surface area contributed by atoms with Crippen LogP contribution in [-0.4, -0.2) is 9.97 Å². The van der Waals surface area contributed by atoms with Gasteiger partial charge in [-0.15, -0.1) is 0 Å². The third kappa shape index (κ3) is 2.47. The van der Waals surface area contributed by atoms with Crippen LogP contribution < -0.4 is 5.73 Å². The fraction of sp³-hybridized carbons (Fsp3) is 0.0909. The highest BCUT2D eigenvalue weighted by Gasteiger charge is 2.01. The number of aromatic nitrogens is 2. The van der Waals surface area contributed by atoms with Gasteiger partial charge in [0.15, 0.2) is 0 Å². The topological polar surface area (TPSA) is 51.8 Å². The predicted octanol–water partition coefficient (Wildman–Crippen LogP) is 2.52. The van der Waals surface area contributed by atoms with Crippen LogP contribution in [0.25, 0.3) is 0 Å². The van der Waals surface area contributed by atoms with Crippen molar-refractivity contribution in [3.05, 3.63) is 42.4 Å². The van der Waals surface area contributed by atoms with Crippen molar-refractivity contribution < 1.29 is 0 Å². The minimum atomic E-state index is 0.791. The summed E-state index contributed by atoms with van der Waals surface area (Å²) in [6.07, 6.45) is 3.29. The van der Waals surface area contributed by atoms with Crippen molar-refractivity contribution in [3.63, 3.8) is 0 Å². The summed E-state index contributed by atoms with van der Waals surface area (Å²) in [5.41, 5.74) is 7.64. The largest absolute Gasteiger partial charge is 0.399 e. The predicted molar refractivity (Wildman–Crippen MR) is 61.7 cm³/mol. The Hall–Kier alpha value is -1.55. The van der Waals surface area contributed by atoms with Crippen molar-refractivity contribution >= 4 is 17.4 Å². The van der Waals surface area contributed by atoms with E-state index in [0.29, 0.717) is 0 Å². The Labute approximate surface area is 92.8 Å². The first kappa shape index (κ1) is 9.98. The monoisotopic (exact) mass is 217 g/mol. The summed E-state index contributed by atoms with van der Waals surface area (Å²) in [6.45, 7) is 2.04. The van der Waals surface area contributed by atoms with E-state index in [4.69, 9.17) is 5.73 Å². The van der Waals surface area contributed by atoms with Gasteiger partial charge in [0.1, 0.15) is 11.4 Å². The van der Waals surface area contributed by atoms with Gasteiger partial charge in [0.05, 0.1) is 0 Å². The highest BCUT2D eigenvalue weighted by atomic mass is 32.2. The smallest absolute Gasteiger partial charge is 0.116 e. The number of rotatable bonds is 2. The summed E-state index contributed by atoms with van der Waals surface area (Å²) < 4.78 is 0. The molecule has 1 aromatic heterocycles. The van der Waals surface area contributed by atoms with Gasteiger partial charge in [-0.05, 0) is 36.8 Å². The van der Waals surface area contributed by atoms with E-state index in [1.807, 2.05) is 31.2 Å². The van der Waals surface area contributed by atoms with Crippen LogP contribution in [0.2, 0.25) is 0 Å². The third-order valence-corrected chi connectivity index (χ3v) is 3.10. The Morgan fingerprint density at radius 1 is 1.27 bits per heavy atom. The summed E-state index contributed by atoms with van der Waals surface area (Å²) in [6, 6.07) is 7.76. The maximum atomic E-state index is 5.69. The minimum absolute atomic E-state index is 0.791. The second kappa shape index (κ2) is 4.31. The van der Waals surface area contributed by atoms with Crippen LogP contribution in [-0.2, 0) is 0 Å². The molecule has 2 N–H and O–H groups in total. The molecule has 4 heteroatoms. The van der Waals surface area contributed by atoms with E-state index >= 15 is 0 Å². The molecule has 1 heterocycles. The van der Waals surface area contributed by atoms with Gasteiger partial charge < -0.3 is 5.73 Å². The molecule has 0 aliphatic heterocycles. The van der Waals surface area contributed by atoms with Gasteiger partial charge in [-0.3, -0.25) is 0 Å². The molecule has 0 saturated carbocycles. The molecule has 0 unspecified atom stereocenters. The van der Waals surface area contributed by atoms with Crippen LogP contribution in [0, 0.1) is 6.92 Å². The van der Waals surface area contributed by atoms with Crippen LogP contribution >= 0.6 is 11.8 Å². The van der Waals surface area contributed by atoms with Crippen molar-refractivity contribution in [3.8, 4) is 0 Å². The maximum absolute atomic E-state index is 5.69. The first-order valence-corrected chi connectivity index (χ1v) is 5.37. The molecule has 1 aromatic carbocycles. The number of hydrogen-bond acceptors (Lipinski definition) is 4. The highest BCUT2D eigenvalue weighted by Crippen LogP contribution is 2.29. The van der Waals surface area contributed by atoms with Gasteiger partial charge in [-0.25, -0.2) is 9.97 Å². The molecule has 0 atom stereocenters. The van der Waals surface area contributed by atoms with Crippen LogP contribution in [0.1, 0.15) is 5.56 Å². The molecule has 3 nitrogen and oxygen atoms in total. The second-order valence-electron chi connectivity index (χ2n) is 3.17. The van der Waals surface area contributed by atoms with E-state index in [-0.39, 0.29) is 0 Å². The van der Waals surface area contributed by atoms with Crippen molar-refractivity contribution in [2.45, 2.75) is 16.8 Å². The molecule has 0 amide bonds. The Kier molecular flexibility index (Phi) is 2.87. The van der Waals surface area contributed by atoms with Gasteiger partial charge in [-0.2, -0.15) is 0 Å². The lowest BCUT2D eigenvalue weighted by Gasteiger charge is -2.05. The van der Waals surface area contributed by atoms with E-state index in [1.54, 1.807) is 24.3 Å². The molecule has 0 fully saturated rings. The number of hydrogen-bond donors (Lipinski definition) is 1. The lowest BCUT2D eigenvalue weighted by atomic mass is 10.2. The van der Waals surface area contributed by atoms with E-state index in [2.05, 4.69) is 9.97 Å². The molecule has 0 saturated heterocycles. The summed E-state index contributed by atoms with van der Waals surface area (Å²) >= 11 is 1.62. The van der Waals surface area contributed by atoms with Crippen molar-refractivity contribution in [1.29, 1.82) is 0 Å². The Morgan fingerprint density at radius 2 is 2.13 bits per heavy atom. The molecule has 0 aliphatic rings. The quantitative estimate of drug-likeness (QED) is 0.620. The van der Waals surface area contributed by atoms with Crippen molar-refractivity contribution in [1.82, 2.24) is 9.97 Å². The lowest BCUT2D eigenvalue weighted by molar-refractivity contribution is 1.05. The first-order chi connectivity index (χ1) is 7.25. The average Bonchev–Trinajstić information content (AvgIpc) is 2.24. The van der Waals surface area contributed by atoms with Crippen molar-refractivity contribution in [2.75, 3.05) is 5.73 Å². The molecule has 0 spiro atoms. The number of anilines is 1. The van der Waals surface area contributed by atoms with Gasteiger partial charge in [0, 0.05) is 16.8 Å².